The van der Waals surface area contributed by atoms with Gasteiger partial charge >= 0.3 is 0 Å². The van der Waals surface area contributed by atoms with Crippen molar-refractivity contribution in [2.45, 2.75) is 18.8 Å². The smallest absolute Gasteiger partial charge is 0.252 e. The van der Waals surface area contributed by atoms with Crippen LogP contribution in [0, 0.1) is 0 Å². The molecule has 30 heavy (non-hydrogen) atoms. The van der Waals surface area contributed by atoms with E-state index in [0.717, 1.165) is 22.6 Å². The first kappa shape index (κ1) is 18.3. The molecule has 0 amide bonds. The fourth-order valence-corrected chi connectivity index (χ4v) is 3.97. The van der Waals surface area contributed by atoms with Crippen molar-refractivity contribution in [3.63, 3.8) is 0 Å². The van der Waals surface area contributed by atoms with Gasteiger partial charge in [-0.25, -0.2) is 9.50 Å². The number of methoxy groups -OCH3 is 2. The summed E-state index contributed by atoms with van der Waals surface area (Å²) in [5.41, 5.74) is 3.24. The zero-order valence-electron chi connectivity index (χ0n) is 16.7. The molecule has 0 spiro atoms. The van der Waals surface area contributed by atoms with Gasteiger partial charge in [-0.3, -0.25) is 4.79 Å². The van der Waals surface area contributed by atoms with Crippen molar-refractivity contribution >= 4 is 11.6 Å². The Balaban J connectivity index is 1.54. The highest BCUT2D eigenvalue weighted by Gasteiger charge is 2.30. The molecule has 0 fully saturated rings. The van der Waals surface area contributed by atoms with E-state index in [9.17, 15) is 4.79 Å². The Morgan fingerprint density at radius 2 is 1.83 bits per heavy atom. The van der Waals surface area contributed by atoms with Crippen LogP contribution in [0.1, 0.15) is 34.0 Å². The van der Waals surface area contributed by atoms with E-state index in [1.54, 1.807) is 24.9 Å². The van der Waals surface area contributed by atoms with Gasteiger partial charge in [0.1, 0.15) is 11.5 Å². The monoisotopic (exact) mass is 400 g/mol. The van der Waals surface area contributed by atoms with Crippen LogP contribution < -0.4 is 9.47 Å². The number of hydrogen-bond acceptors (Lipinski definition) is 6. The molecule has 7 heteroatoms. The molecule has 1 unspecified atom stereocenters. The second-order valence-corrected chi connectivity index (χ2v) is 7.28. The van der Waals surface area contributed by atoms with Gasteiger partial charge in [-0.2, -0.15) is 4.98 Å². The zero-order chi connectivity index (χ0) is 20.7. The van der Waals surface area contributed by atoms with Crippen molar-refractivity contribution in [1.82, 2.24) is 19.6 Å². The summed E-state index contributed by atoms with van der Waals surface area (Å²) in [6, 6.07) is 15.4. The summed E-state index contributed by atoms with van der Waals surface area (Å²) in [5.74, 6) is 2.54. The number of carbonyl (C=O) groups excluding carboxylic acids is 1. The second-order valence-electron chi connectivity index (χ2n) is 7.28. The molecular formula is C23H20N4O3. The van der Waals surface area contributed by atoms with E-state index < -0.39 is 0 Å². The highest BCUT2D eigenvalue weighted by atomic mass is 16.5. The summed E-state index contributed by atoms with van der Waals surface area (Å²) in [6.45, 7) is 0. The number of ketones is 1. The first-order valence-corrected chi connectivity index (χ1v) is 9.73. The Bertz CT molecular complexity index is 1250. The lowest BCUT2D eigenvalue weighted by Gasteiger charge is -2.24. The van der Waals surface area contributed by atoms with Crippen molar-refractivity contribution in [3.8, 4) is 22.9 Å². The third kappa shape index (κ3) is 3.08. The fraction of sp³-hybridized carbons (Fsp3) is 0.217. The quantitative estimate of drug-likeness (QED) is 0.520. The third-order valence-corrected chi connectivity index (χ3v) is 5.49. The van der Waals surface area contributed by atoms with Crippen LogP contribution in [-0.2, 0) is 6.42 Å². The van der Waals surface area contributed by atoms with Crippen molar-refractivity contribution in [1.29, 1.82) is 0 Å². The SMILES string of the molecule is COc1ccc(C2CC(=O)c3cn4nc(-c5ccccc5)nc4nc3C2)c(OC)c1. The molecule has 0 radical (unpaired) electrons. The van der Waals surface area contributed by atoms with Crippen LogP contribution in [0.25, 0.3) is 17.2 Å². The molecule has 0 saturated heterocycles. The van der Waals surface area contributed by atoms with Crippen molar-refractivity contribution in [2.24, 2.45) is 0 Å². The Hall–Kier alpha value is -3.74. The zero-order valence-corrected chi connectivity index (χ0v) is 16.7. The molecule has 4 aromatic rings. The summed E-state index contributed by atoms with van der Waals surface area (Å²) >= 11 is 0. The van der Waals surface area contributed by atoms with Crippen LogP contribution in [0.2, 0.25) is 0 Å². The third-order valence-electron chi connectivity index (χ3n) is 5.49. The van der Waals surface area contributed by atoms with E-state index in [1.165, 1.54) is 0 Å². The number of fused-ring (bicyclic) bond motifs is 2. The lowest BCUT2D eigenvalue weighted by atomic mass is 9.82. The Morgan fingerprint density at radius 1 is 1.00 bits per heavy atom. The number of aromatic nitrogens is 4. The van der Waals surface area contributed by atoms with Gasteiger partial charge in [0.25, 0.3) is 5.78 Å². The maximum absolute atomic E-state index is 12.9. The minimum atomic E-state index is -0.0164. The van der Waals surface area contributed by atoms with Crippen molar-refractivity contribution < 1.29 is 14.3 Å². The summed E-state index contributed by atoms with van der Waals surface area (Å²) in [6.07, 6.45) is 2.78. The Labute approximate surface area is 173 Å². The molecule has 7 nitrogen and oxygen atoms in total. The van der Waals surface area contributed by atoms with Gasteiger partial charge in [0.2, 0.25) is 0 Å². The standard InChI is InChI=1S/C23H20N4O3/c1-29-16-8-9-17(21(12-16)30-2)15-10-19-18(20(28)11-15)13-27-23(24-19)25-22(26-27)14-6-4-3-5-7-14/h3-9,12-13,15H,10-11H2,1-2H3. The fourth-order valence-electron chi connectivity index (χ4n) is 3.97. The van der Waals surface area contributed by atoms with Crippen LogP contribution >= 0.6 is 0 Å². The lowest BCUT2D eigenvalue weighted by Crippen LogP contribution is -2.21. The van der Waals surface area contributed by atoms with Gasteiger partial charge in [0.05, 0.1) is 25.5 Å². The maximum atomic E-state index is 12.9. The van der Waals surface area contributed by atoms with Crippen LogP contribution in [0.4, 0.5) is 0 Å². The topological polar surface area (TPSA) is 78.6 Å². The highest BCUT2D eigenvalue weighted by molar-refractivity contribution is 5.98. The molecule has 0 saturated carbocycles. The summed E-state index contributed by atoms with van der Waals surface area (Å²) in [7, 11) is 3.24. The molecule has 2 heterocycles. The average molecular weight is 400 g/mol. The van der Waals surface area contributed by atoms with E-state index in [0.29, 0.717) is 35.8 Å². The summed E-state index contributed by atoms with van der Waals surface area (Å²) < 4.78 is 12.4. The van der Waals surface area contributed by atoms with Gasteiger partial charge in [0, 0.05) is 30.2 Å². The van der Waals surface area contributed by atoms with Crippen LogP contribution in [0.3, 0.4) is 0 Å². The molecule has 1 aliphatic rings. The molecule has 150 valence electrons. The number of carbonyl (C=O) groups is 1. The number of benzene rings is 2. The first-order valence-electron chi connectivity index (χ1n) is 9.73. The number of nitrogens with zero attached hydrogens (tertiary/aromatic N) is 4. The molecule has 0 bridgehead atoms. The van der Waals surface area contributed by atoms with E-state index >= 15 is 0 Å². The Morgan fingerprint density at radius 3 is 2.60 bits per heavy atom. The minimum absolute atomic E-state index is 0.0164. The summed E-state index contributed by atoms with van der Waals surface area (Å²) in [5, 5.41) is 4.51. The predicted molar refractivity (Wildman–Crippen MR) is 111 cm³/mol. The molecule has 0 aliphatic heterocycles. The van der Waals surface area contributed by atoms with Crippen LogP contribution in [0.5, 0.6) is 11.5 Å². The van der Waals surface area contributed by atoms with Crippen molar-refractivity contribution in [2.75, 3.05) is 14.2 Å². The van der Waals surface area contributed by atoms with Gasteiger partial charge in [-0.15, -0.1) is 5.10 Å². The maximum Gasteiger partial charge on any atom is 0.252 e. The predicted octanol–water partition coefficient (Wildman–Crippen LogP) is 3.72. The van der Waals surface area contributed by atoms with E-state index in [4.69, 9.17) is 9.47 Å². The number of rotatable bonds is 4. The van der Waals surface area contributed by atoms with E-state index in [2.05, 4.69) is 15.1 Å². The van der Waals surface area contributed by atoms with Crippen LogP contribution in [0.15, 0.2) is 54.7 Å². The molecule has 2 aromatic carbocycles. The number of Topliss-reactive ketones (excluding diaryl/α,β-unsaturated/α-hetero) is 1. The largest absolute Gasteiger partial charge is 0.497 e. The first-order chi connectivity index (χ1) is 14.7. The molecule has 2 aromatic heterocycles. The van der Waals surface area contributed by atoms with E-state index in [1.807, 2.05) is 48.5 Å². The molecule has 0 N–H and O–H groups in total. The molecular weight excluding hydrogens is 380 g/mol. The van der Waals surface area contributed by atoms with Gasteiger partial charge in [0.15, 0.2) is 11.6 Å². The molecule has 5 rings (SSSR count). The second kappa shape index (κ2) is 7.26. The molecule has 1 atom stereocenters. The lowest BCUT2D eigenvalue weighted by molar-refractivity contribution is 0.0962. The van der Waals surface area contributed by atoms with Crippen molar-refractivity contribution in [3.05, 3.63) is 71.5 Å². The van der Waals surface area contributed by atoms with Crippen LogP contribution in [-0.4, -0.2) is 39.6 Å². The number of hydrogen-bond donors (Lipinski definition) is 0. The highest BCUT2D eigenvalue weighted by Crippen LogP contribution is 2.38. The van der Waals surface area contributed by atoms with Gasteiger partial charge in [-0.05, 0) is 18.1 Å². The average Bonchev–Trinajstić information content (AvgIpc) is 3.21. The van der Waals surface area contributed by atoms with Gasteiger partial charge < -0.3 is 9.47 Å². The van der Waals surface area contributed by atoms with Gasteiger partial charge in [-0.1, -0.05) is 36.4 Å². The summed E-state index contributed by atoms with van der Waals surface area (Å²) in [4.78, 5) is 22.2. The Kier molecular flexibility index (Phi) is 4.43. The van der Waals surface area contributed by atoms with E-state index in [-0.39, 0.29) is 11.7 Å². The normalized spacial score (nSPS) is 15.8. The minimum Gasteiger partial charge on any atom is -0.497 e. The number of ether oxygens (including phenoxy) is 2. The molecule has 1 aliphatic carbocycles.